The van der Waals surface area contributed by atoms with Crippen LogP contribution in [0.15, 0.2) is 0 Å². The third kappa shape index (κ3) is 1.69. The average molecular weight is 141 g/mol. The summed E-state index contributed by atoms with van der Waals surface area (Å²) in [5.74, 6) is 0.0405. The van der Waals surface area contributed by atoms with Crippen molar-refractivity contribution >= 4 is 0 Å². The van der Waals surface area contributed by atoms with E-state index in [-0.39, 0.29) is 5.92 Å². The summed E-state index contributed by atoms with van der Waals surface area (Å²) in [6.45, 7) is 1.31. The maximum Gasteiger partial charge on any atom is 0.145 e. The van der Waals surface area contributed by atoms with Gasteiger partial charge in [0.1, 0.15) is 6.10 Å². The van der Waals surface area contributed by atoms with Crippen LogP contribution >= 0.6 is 0 Å². The summed E-state index contributed by atoms with van der Waals surface area (Å²) in [6.07, 6.45) is 1.04. The Morgan fingerprint density at radius 1 is 1.70 bits per heavy atom. The molecule has 0 aliphatic carbocycles. The second kappa shape index (κ2) is 3.55. The van der Waals surface area contributed by atoms with Crippen molar-refractivity contribution in [3.05, 3.63) is 0 Å². The van der Waals surface area contributed by atoms with E-state index in [1.807, 2.05) is 6.07 Å². The van der Waals surface area contributed by atoms with Crippen molar-refractivity contribution in [3.8, 4) is 6.07 Å². The van der Waals surface area contributed by atoms with E-state index in [2.05, 4.69) is 0 Å². The van der Waals surface area contributed by atoms with Crippen molar-refractivity contribution in [2.75, 3.05) is 13.2 Å². The van der Waals surface area contributed by atoms with Crippen molar-refractivity contribution in [3.63, 3.8) is 0 Å². The Morgan fingerprint density at radius 3 is 3.00 bits per heavy atom. The van der Waals surface area contributed by atoms with Gasteiger partial charge in [0, 0.05) is 12.5 Å². The third-order valence-corrected chi connectivity index (χ3v) is 1.77. The number of hydrogen-bond donors (Lipinski definition) is 1. The van der Waals surface area contributed by atoms with Gasteiger partial charge in [-0.2, -0.15) is 5.26 Å². The van der Waals surface area contributed by atoms with Crippen LogP contribution in [0.5, 0.6) is 0 Å². The van der Waals surface area contributed by atoms with Crippen molar-refractivity contribution in [2.45, 2.75) is 18.9 Å². The Balaban J connectivity index is 2.33. The molecule has 2 unspecified atom stereocenters. The molecule has 1 aliphatic heterocycles. The lowest BCUT2D eigenvalue weighted by atomic mass is 9.97. The number of aliphatic hydroxyl groups is 1. The van der Waals surface area contributed by atoms with Gasteiger partial charge in [-0.1, -0.05) is 0 Å². The zero-order valence-corrected chi connectivity index (χ0v) is 5.79. The molecule has 0 saturated carbocycles. The summed E-state index contributed by atoms with van der Waals surface area (Å²) in [5.41, 5.74) is 0. The summed E-state index contributed by atoms with van der Waals surface area (Å²) >= 11 is 0. The van der Waals surface area contributed by atoms with Crippen molar-refractivity contribution < 1.29 is 9.84 Å². The Bertz CT molecular complexity index is 135. The predicted octanol–water partition coefficient (Wildman–Crippen LogP) is 0.297. The fourth-order valence-corrected chi connectivity index (χ4v) is 1.12. The zero-order valence-electron chi connectivity index (χ0n) is 5.79. The Kier molecular flexibility index (Phi) is 2.67. The molecule has 1 heterocycles. The van der Waals surface area contributed by atoms with E-state index < -0.39 is 6.10 Å². The summed E-state index contributed by atoms with van der Waals surface area (Å²) < 4.78 is 5.09. The van der Waals surface area contributed by atoms with E-state index in [9.17, 15) is 0 Å². The Morgan fingerprint density at radius 2 is 2.50 bits per heavy atom. The van der Waals surface area contributed by atoms with Gasteiger partial charge in [0.05, 0.1) is 12.7 Å². The topological polar surface area (TPSA) is 53.2 Å². The molecule has 0 aromatic carbocycles. The quantitative estimate of drug-likeness (QED) is 0.534. The fourth-order valence-electron chi connectivity index (χ4n) is 1.12. The van der Waals surface area contributed by atoms with Crippen LogP contribution in [0.25, 0.3) is 0 Å². The van der Waals surface area contributed by atoms with Crippen molar-refractivity contribution in [1.29, 1.82) is 5.26 Å². The van der Waals surface area contributed by atoms with Gasteiger partial charge in [-0.25, -0.2) is 0 Å². The molecule has 0 bridgehead atoms. The van der Waals surface area contributed by atoms with Crippen LogP contribution in [0.4, 0.5) is 0 Å². The molecule has 1 aliphatic rings. The first kappa shape index (κ1) is 7.52. The van der Waals surface area contributed by atoms with Gasteiger partial charge in [0.2, 0.25) is 0 Å². The fraction of sp³-hybridized carbons (Fsp3) is 0.857. The molecule has 1 fully saturated rings. The average Bonchev–Trinajstić information content (AvgIpc) is 2.05. The van der Waals surface area contributed by atoms with E-state index in [0.29, 0.717) is 6.61 Å². The van der Waals surface area contributed by atoms with Gasteiger partial charge in [-0.15, -0.1) is 0 Å². The minimum Gasteiger partial charge on any atom is -0.381 e. The molecule has 0 spiro atoms. The number of rotatable bonds is 1. The maximum absolute atomic E-state index is 9.04. The standard InChI is InChI=1S/C7H11NO2/c8-4-7(9)6-2-1-3-10-5-6/h6-7,9H,1-3,5H2. The maximum atomic E-state index is 9.04. The lowest BCUT2D eigenvalue weighted by Crippen LogP contribution is -2.27. The third-order valence-electron chi connectivity index (χ3n) is 1.77. The van der Waals surface area contributed by atoms with Crippen LogP contribution in [0.2, 0.25) is 0 Å². The first-order valence-electron chi connectivity index (χ1n) is 3.50. The van der Waals surface area contributed by atoms with Crippen molar-refractivity contribution in [2.24, 2.45) is 5.92 Å². The molecule has 2 atom stereocenters. The lowest BCUT2D eigenvalue weighted by Gasteiger charge is -2.22. The van der Waals surface area contributed by atoms with Gasteiger partial charge in [0.25, 0.3) is 0 Å². The minimum atomic E-state index is -0.833. The zero-order chi connectivity index (χ0) is 7.40. The molecule has 0 aromatic heterocycles. The number of nitrogens with zero attached hydrogens (tertiary/aromatic N) is 1. The monoisotopic (exact) mass is 141 g/mol. The van der Waals surface area contributed by atoms with Gasteiger partial charge in [-0.05, 0) is 12.8 Å². The van der Waals surface area contributed by atoms with Gasteiger partial charge < -0.3 is 9.84 Å². The highest BCUT2D eigenvalue weighted by molar-refractivity contribution is 4.88. The summed E-state index contributed by atoms with van der Waals surface area (Å²) in [4.78, 5) is 0. The molecule has 1 rings (SSSR count). The molecule has 1 N–H and O–H groups in total. The SMILES string of the molecule is N#CC(O)C1CCCOC1. The Labute approximate surface area is 60.2 Å². The van der Waals surface area contributed by atoms with Crippen LogP contribution in [-0.2, 0) is 4.74 Å². The molecular formula is C7H11NO2. The molecule has 0 radical (unpaired) electrons. The van der Waals surface area contributed by atoms with Crippen LogP contribution < -0.4 is 0 Å². The number of nitriles is 1. The van der Waals surface area contributed by atoms with Gasteiger partial charge in [0.15, 0.2) is 0 Å². The van der Waals surface area contributed by atoms with E-state index >= 15 is 0 Å². The minimum absolute atomic E-state index is 0.0405. The highest BCUT2D eigenvalue weighted by Gasteiger charge is 2.21. The highest BCUT2D eigenvalue weighted by Crippen LogP contribution is 2.16. The molecule has 56 valence electrons. The second-order valence-corrected chi connectivity index (χ2v) is 2.55. The first-order chi connectivity index (χ1) is 4.84. The molecule has 1 saturated heterocycles. The van der Waals surface area contributed by atoms with Gasteiger partial charge in [-0.3, -0.25) is 0 Å². The van der Waals surface area contributed by atoms with Crippen LogP contribution in [0.3, 0.4) is 0 Å². The van der Waals surface area contributed by atoms with E-state index in [0.717, 1.165) is 19.4 Å². The van der Waals surface area contributed by atoms with E-state index in [1.165, 1.54) is 0 Å². The number of aliphatic hydroxyl groups excluding tert-OH is 1. The van der Waals surface area contributed by atoms with Crippen LogP contribution in [0, 0.1) is 17.2 Å². The smallest absolute Gasteiger partial charge is 0.145 e. The lowest BCUT2D eigenvalue weighted by molar-refractivity contribution is 0.0103. The molecule has 10 heavy (non-hydrogen) atoms. The molecule has 3 heteroatoms. The second-order valence-electron chi connectivity index (χ2n) is 2.55. The molecular weight excluding hydrogens is 130 g/mol. The summed E-state index contributed by atoms with van der Waals surface area (Å²) in [6, 6.07) is 1.81. The summed E-state index contributed by atoms with van der Waals surface area (Å²) in [7, 11) is 0. The van der Waals surface area contributed by atoms with E-state index in [1.54, 1.807) is 0 Å². The molecule has 0 aromatic rings. The van der Waals surface area contributed by atoms with Crippen LogP contribution in [-0.4, -0.2) is 24.4 Å². The first-order valence-corrected chi connectivity index (χ1v) is 3.50. The number of ether oxygens (including phenoxy) is 1. The van der Waals surface area contributed by atoms with Crippen LogP contribution in [0.1, 0.15) is 12.8 Å². The normalized spacial score (nSPS) is 29.0. The largest absolute Gasteiger partial charge is 0.381 e. The Hall–Kier alpha value is -0.590. The molecule has 0 amide bonds. The summed E-state index contributed by atoms with van der Waals surface area (Å²) in [5, 5.41) is 17.4. The van der Waals surface area contributed by atoms with E-state index in [4.69, 9.17) is 15.1 Å². The highest BCUT2D eigenvalue weighted by atomic mass is 16.5. The van der Waals surface area contributed by atoms with Crippen molar-refractivity contribution in [1.82, 2.24) is 0 Å². The van der Waals surface area contributed by atoms with Gasteiger partial charge >= 0.3 is 0 Å². The predicted molar refractivity (Wildman–Crippen MR) is 35.2 cm³/mol. The molecule has 3 nitrogen and oxygen atoms in total. The number of hydrogen-bond acceptors (Lipinski definition) is 3.